The molecule has 7 rings (SSSR count). The highest BCUT2D eigenvalue weighted by molar-refractivity contribution is 7.99. The van der Waals surface area contributed by atoms with Gasteiger partial charge < -0.3 is 19.6 Å². The molecular weight excluding hydrogens is 646 g/mol. The average molecular weight is 694 g/mol. The smallest absolute Gasteiger partial charge is 0.262 e. The number of allylic oxidation sites excluding steroid dienone is 1. The van der Waals surface area contributed by atoms with Crippen molar-refractivity contribution in [2.75, 3.05) is 38.2 Å². The zero-order chi connectivity index (χ0) is 34.0. The van der Waals surface area contributed by atoms with Crippen LogP contribution in [0.15, 0.2) is 48.6 Å². The number of amides is 2. The van der Waals surface area contributed by atoms with Gasteiger partial charge in [-0.25, -0.2) is 4.21 Å². The normalized spacial score (nSPS) is 37.5. The largest absolute Gasteiger partial charge is 0.490 e. The molecule has 2 fully saturated rings. The summed E-state index contributed by atoms with van der Waals surface area (Å²) in [5.41, 5.74) is 2.11. The molecule has 1 unspecified atom stereocenters. The summed E-state index contributed by atoms with van der Waals surface area (Å²) in [6.45, 7) is 6.26. The van der Waals surface area contributed by atoms with E-state index in [0.717, 1.165) is 42.8 Å². The van der Waals surface area contributed by atoms with Crippen LogP contribution < -0.4 is 14.4 Å². The Labute approximate surface area is 290 Å². The number of anilines is 1. The highest BCUT2D eigenvalue weighted by atomic mass is 35.5. The van der Waals surface area contributed by atoms with Crippen molar-refractivity contribution in [2.45, 2.75) is 75.1 Å². The third kappa shape index (κ3) is 5.73. The molecule has 3 aliphatic heterocycles. The van der Waals surface area contributed by atoms with Crippen molar-refractivity contribution in [3.63, 3.8) is 0 Å². The van der Waals surface area contributed by atoms with Crippen molar-refractivity contribution in [2.24, 2.45) is 23.7 Å². The quantitative estimate of drug-likeness (QED) is 0.307. The van der Waals surface area contributed by atoms with Crippen molar-refractivity contribution >= 4 is 44.7 Å². The SMILES string of the molecule is C=S1(=O)NC(=O)c2ccc3c(c2)N(C[C@@H]2CC[C@H]2[C@@](O)([C@H]2CCN(C)C2=O)/C=C/C[C@H](C)[C@H]1C)C[C@@]1(CCCc2cc(Cl)ccc21)CO3. The van der Waals surface area contributed by atoms with Crippen molar-refractivity contribution < 1.29 is 23.6 Å². The first-order valence-corrected chi connectivity index (χ1v) is 19.6. The van der Waals surface area contributed by atoms with E-state index in [1.165, 1.54) is 11.1 Å². The summed E-state index contributed by atoms with van der Waals surface area (Å²) >= 11 is 6.45. The number of benzene rings is 2. The fourth-order valence-corrected chi connectivity index (χ4v) is 10.7. The van der Waals surface area contributed by atoms with Crippen molar-refractivity contribution in [3.8, 4) is 5.75 Å². The molecule has 2 aromatic rings. The van der Waals surface area contributed by atoms with Crippen molar-refractivity contribution in [1.82, 2.24) is 9.62 Å². The van der Waals surface area contributed by atoms with Crippen LogP contribution >= 0.6 is 11.6 Å². The third-order valence-corrected chi connectivity index (χ3v) is 14.7. The Morgan fingerprint density at radius 3 is 2.67 bits per heavy atom. The number of carbonyl (C=O) groups is 2. The maximum absolute atomic E-state index is 13.9. The van der Waals surface area contributed by atoms with Gasteiger partial charge in [0.2, 0.25) is 5.91 Å². The highest BCUT2D eigenvalue weighted by Crippen LogP contribution is 2.51. The molecule has 2 bridgehead atoms. The molecule has 1 saturated heterocycles. The number of nitrogens with zero attached hydrogens (tertiary/aromatic N) is 2. The minimum Gasteiger partial charge on any atom is -0.490 e. The zero-order valence-corrected chi connectivity index (χ0v) is 29.8. The van der Waals surface area contributed by atoms with E-state index in [-0.39, 0.29) is 29.1 Å². The molecule has 5 aliphatic rings. The van der Waals surface area contributed by atoms with Crippen LogP contribution in [0.5, 0.6) is 5.75 Å². The average Bonchev–Trinajstić information content (AvgIpc) is 3.29. The number of likely N-dealkylation sites (tertiary alicyclic amines) is 1. The lowest BCUT2D eigenvalue weighted by Crippen LogP contribution is -2.56. The lowest BCUT2D eigenvalue weighted by Gasteiger charge is -2.50. The van der Waals surface area contributed by atoms with Gasteiger partial charge in [-0.1, -0.05) is 36.7 Å². The topological polar surface area (TPSA) is 99.2 Å². The van der Waals surface area contributed by atoms with E-state index in [2.05, 4.69) is 27.6 Å². The van der Waals surface area contributed by atoms with Gasteiger partial charge in [0.05, 0.1) is 33.5 Å². The van der Waals surface area contributed by atoms with E-state index in [9.17, 15) is 18.9 Å². The minimum atomic E-state index is -3.02. The first kappa shape index (κ1) is 33.5. The standard InChI is InChI=1S/C38H48ClN3O5S/c1-24-7-5-17-38(45,32-15-18-41(3)36(32)44)31-12-9-28(31)21-42-22-37(16-6-8-26-19-29(39)11-13-30(26)37)23-47-34-14-10-27(20-33(34)42)35(43)40-48(4,46)25(24)2/h5,10-11,13-14,17,19-20,24-25,28,31-32,45H,4,6-9,12,15-16,18,21-23H2,1-3H3,(H,40,43,46)/b17-5+/t24-,25+,28-,31+,32-,37-,38+,48?/m0/s1. The van der Waals surface area contributed by atoms with E-state index in [1.807, 2.05) is 51.2 Å². The number of hydrogen-bond acceptors (Lipinski definition) is 6. The van der Waals surface area contributed by atoms with Crippen LogP contribution in [0.2, 0.25) is 5.02 Å². The van der Waals surface area contributed by atoms with Crippen molar-refractivity contribution in [1.29, 1.82) is 0 Å². The Bertz CT molecular complexity index is 1760. The van der Waals surface area contributed by atoms with E-state index >= 15 is 0 Å². The number of aryl methyl sites for hydroxylation is 1. The van der Waals surface area contributed by atoms with Crippen LogP contribution in [0.3, 0.4) is 0 Å². The first-order chi connectivity index (χ1) is 22.8. The lowest BCUT2D eigenvalue weighted by atomic mass is 9.60. The predicted molar refractivity (Wildman–Crippen MR) is 192 cm³/mol. The molecule has 1 spiro atoms. The van der Waals surface area contributed by atoms with Gasteiger partial charge in [-0.3, -0.25) is 14.3 Å². The Hall–Kier alpha value is -3.01. The fourth-order valence-electron chi connectivity index (χ4n) is 9.03. The number of fused-ring (bicyclic) bond motifs is 4. The van der Waals surface area contributed by atoms with E-state index in [4.69, 9.17) is 16.3 Å². The molecule has 0 radical (unpaired) electrons. The number of ether oxygens (including phenoxy) is 1. The van der Waals surface area contributed by atoms with Gasteiger partial charge in [-0.05, 0) is 117 Å². The summed E-state index contributed by atoms with van der Waals surface area (Å²) < 4.78 is 23.3. The van der Waals surface area contributed by atoms with E-state index in [0.29, 0.717) is 50.4 Å². The maximum Gasteiger partial charge on any atom is 0.262 e. The maximum atomic E-state index is 13.9. The zero-order valence-electron chi connectivity index (χ0n) is 28.3. The van der Waals surface area contributed by atoms with Crippen LogP contribution in [-0.2, 0) is 26.3 Å². The number of hydrogen-bond donors (Lipinski definition) is 2. The van der Waals surface area contributed by atoms with Crippen molar-refractivity contribution in [3.05, 3.63) is 70.3 Å². The molecule has 8 nitrogen and oxygen atoms in total. The van der Waals surface area contributed by atoms with Gasteiger partial charge in [0.1, 0.15) is 5.75 Å². The summed E-state index contributed by atoms with van der Waals surface area (Å²) in [6.07, 6.45) is 9.66. The molecule has 2 N–H and O–H groups in total. The molecule has 48 heavy (non-hydrogen) atoms. The Morgan fingerprint density at radius 2 is 1.94 bits per heavy atom. The molecule has 0 aromatic heterocycles. The Kier molecular flexibility index (Phi) is 8.65. The number of halogens is 1. The van der Waals surface area contributed by atoms with Crippen LogP contribution in [-0.4, -0.2) is 76.0 Å². The van der Waals surface area contributed by atoms with Crippen LogP contribution in [0.4, 0.5) is 5.69 Å². The molecule has 10 heteroatoms. The molecule has 2 aliphatic carbocycles. The molecule has 2 aromatic carbocycles. The Balaban J connectivity index is 1.34. The summed E-state index contributed by atoms with van der Waals surface area (Å²) in [5.74, 6) is 3.65. The summed E-state index contributed by atoms with van der Waals surface area (Å²) in [6, 6.07) is 11.6. The predicted octanol–water partition coefficient (Wildman–Crippen LogP) is 5.39. The van der Waals surface area contributed by atoms with Gasteiger partial charge in [-0.2, -0.15) is 0 Å². The third-order valence-electron chi connectivity index (χ3n) is 12.3. The van der Waals surface area contributed by atoms with Gasteiger partial charge in [0.15, 0.2) is 0 Å². The van der Waals surface area contributed by atoms with Crippen LogP contribution in [0, 0.1) is 23.7 Å². The van der Waals surface area contributed by atoms with Crippen LogP contribution in [0.1, 0.15) is 73.9 Å². The molecule has 8 atom stereocenters. The Morgan fingerprint density at radius 1 is 1.12 bits per heavy atom. The molecular formula is C38H48ClN3O5S. The second-order valence-electron chi connectivity index (χ2n) is 15.2. The fraction of sp³-hybridized carbons (Fsp3) is 0.553. The van der Waals surface area contributed by atoms with Crippen LogP contribution in [0.25, 0.3) is 0 Å². The minimum absolute atomic E-state index is 0.0123. The van der Waals surface area contributed by atoms with Gasteiger partial charge >= 0.3 is 0 Å². The molecule has 1 saturated carbocycles. The number of rotatable bonds is 1. The van der Waals surface area contributed by atoms with Gasteiger partial charge in [-0.15, -0.1) is 0 Å². The summed E-state index contributed by atoms with van der Waals surface area (Å²) in [5, 5.41) is 13.0. The van der Waals surface area contributed by atoms with E-state index in [1.54, 1.807) is 11.0 Å². The number of aliphatic hydroxyl groups is 1. The molecule has 2 amide bonds. The summed E-state index contributed by atoms with van der Waals surface area (Å²) in [4.78, 5) is 31.2. The second kappa shape index (κ2) is 12.4. The number of carbonyl (C=O) groups excluding carboxylic acids is 2. The number of nitrogens with one attached hydrogen (secondary N) is 1. The summed E-state index contributed by atoms with van der Waals surface area (Å²) in [7, 11) is -1.21. The lowest BCUT2D eigenvalue weighted by molar-refractivity contribution is -0.143. The van der Waals surface area contributed by atoms with Gasteiger partial charge in [0.25, 0.3) is 5.91 Å². The second-order valence-corrected chi connectivity index (χ2v) is 18.0. The molecule has 3 heterocycles. The highest BCUT2D eigenvalue weighted by Gasteiger charge is 2.54. The van der Waals surface area contributed by atoms with E-state index < -0.39 is 32.4 Å². The first-order valence-electron chi connectivity index (χ1n) is 17.5. The van der Waals surface area contributed by atoms with Gasteiger partial charge in [0, 0.05) is 47.9 Å². The molecule has 258 valence electrons. The monoisotopic (exact) mass is 693 g/mol.